The van der Waals surface area contributed by atoms with Crippen LogP contribution in [0.3, 0.4) is 0 Å². The molecule has 3 rings (SSSR count). The molecule has 2 N–H and O–H groups in total. The number of piperazine rings is 1. The summed E-state index contributed by atoms with van der Waals surface area (Å²) < 4.78 is 41.9. The Balaban J connectivity index is 1.76. The number of rotatable bonds is 9. The van der Waals surface area contributed by atoms with Crippen molar-refractivity contribution in [3.05, 3.63) is 30.3 Å². The summed E-state index contributed by atoms with van der Waals surface area (Å²) >= 11 is 0. The van der Waals surface area contributed by atoms with E-state index in [1.807, 2.05) is 6.92 Å². The van der Waals surface area contributed by atoms with E-state index in [1.165, 1.54) is 18.2 Å². The van der Waals surface area contributed by atoms with E-state index in [1.54, 1.807) is 12.1 Å². The van der Waals surface area contributed by atoms with Crippen LogP contribution >= 0.6 is 0 Å². The quantitative estimate of drug-likeness (QED) is 0.598. The maximum Gasteiger partial charge on any atom is 0.573 e. The van der Waals surface area contributed by atoms with Crippen molar-refractivity contribution in [1.29, 1.82) is 0 Å². The van der Waals surface area contributed by atoms with Gasteiger partial charge in [0.05, 0.1) is 5.69 Å². The van der Waals surface area contributed by atoms with Crippen molar-refractivity contribution in [2.45, 2.75) is 32.7 Å². The Bertz CT molecular complexity index is 871. The van der Waals surface area contributed by atoms with Gasteiger partial charge in [0.25, 0.3) is 0 Å². The van der Waals surface area contributed by atoms with Crippen LogP contribution in [-0.4, -0.2) is 78.5 Å². The van der Waals surface area contributed by atoms with Crippen LogP contribution in [-0.2, 0) is 0 Å². The lowest BCUT2D eigenvalue weighted by atomic mass is 10.1. The number of ether oxygens (including phenoxy) is 1. The Morgan fingerprint density at radius 1 is 1.12 bits per heavy atom. The second-order valence-electron chi connectivity index (χ2n) is 8.06. The van der Waals surface area contributed by atoms with E-state index in [4.69, 9.17) is 0 Å². The van der Waals surface area contributed by atoms with E-state index >= 15 is 0 Å². The Morgan fingerprint density at radius 2 is 1.88 bits per heavy atom. The van der Waals surface area contributed by atoms with Crippen molar-refractivity contribution in [1.82, 2.24) is 19.8 Å². The first kappa shape index (κ1) is 24.1. The fraction of sp³-hybridized carbons (Fsp3) is 0.545. The third-order valence-electron chi connectivity index (χ3n) is 5.41. The van der Waals surface area contributed by atoms with Gasteiger partial charge < -0.3 is 20.3 Å². The zero-order valence-corrected chi connectivity index (χ0v) is 18.7. The lowest BCUT2D eigenvalue weighted by Gasteiger charge is -2.32. The zero-order chi connectivity index (χ0) is 23.1. The summed E-state index contributed by atoms with van der Waals surface area (Å²) in [6.45, 7) is 9.83. The third kappa shape index (κ3) is 7.52. The fourth-order valence-corrected chi connectivity index (χ4v) is 3.34. The van der Waals surface area contributed by atoms with Crippen molar-refractivity contribution < 1.29 is 17.9 Å². The molecule has 1 aliphatic heterocycles. The zero-order valence-electron chi connectivity index (χ0n) is 18.7. The average Bonchev–Trinajstić information content (AvgIpc) is 2.74. The number of benzene rings is 1. The summed E-state index contributed by atoms with van der Waals surface area (Å²) in [5.41, 5.74) is 1.03. The molecule has 32 heavy (non-hydrogen) atoms. The molecule has 1 aromatic heterocycles. The number of hydrogen-bond donors (Lipinski definition) is 2. The first-order valence-electron chi connectivity index (χ1n) is 10.9. The van der Waals surface area contributed by atoms with Crippen molar-refractivity contribution >= 4 is 11.8 Å². The third-order valence-corrected chi connectivity index (χ3v) is 5.41. The highest BCUT2D eigenvalue weighted by atomic mass is 19.4. The lowest BCUT2D eigenvalue weighted by molar-refractivity contribution is -0.274. The van der Waals surface area contributed by atoms with Crippen LogP contribution in [0.5, 0.6) is 5.75 Å². The lowest BCUT2D eigenvalue weighted by Crippen LogP contribution is -2.45. The normalized spacial score (nSPS) is 16.6. The van der Waals surface area contributed by atoms with Gasteiger partial charge in [0.1, 0.15) is 11.6 Å². The van der Waals surface area contributed by atoms with Gasteiger partial charge >= 0.3 is 6.36 Å². The van der Waals surface area contributed by atoms with Crippen LogP contribution < -0.4 is 15.4 Å². The maximum atomic E-state index is 12.6. The predicted octanol–water partition coefficient (Wildman–Crippen LogP) is 3.91. The molecule has 0 bridgehead atoms. The highest BCUT2D eigenvalue weighted by molar-refractivity contribution is 5.66. The van der Waals surface area contributed by atoms with Crippen LogP contribution in [0.4, 0.5) is 24.9 Å². The molecule has 0 spiro atoms. The maximum absolute atomic E-state index is 12.6. The molecule has 0 amide bonds. The van der Waals surface area contributed by atoms with Crippen LogP contribution in [0.15, 0.2) is 30.3 Å². The molecule has 176 valence electrons. The van der Waals surface area contributed by atoms with E-state index < -0.39 is 6.36 Å². The molecule has 2 heterocycles. The van der Waals surface area contributed by atoms with Gasteiger partial charge in [0.2, 0.25) is 5.95 Å². The topological polar surface area (TPSA) is 65.6 Å². The van der Waals surface area contributed by atoms with E-state index in [9.17, 15) is 13.2 Å². The van der Waals surface area contributed by atoms with Gasteiger partial charge in [-0.2, -0.15) is 4.98 Å². The smallest absolute Gasteiger partial charge is 0.406 e. The summed E-state index contributed by atoms with van der Waals surface area (Å²) in [5.74, 6) is 0.771. The van der Waals surface area contributed by atoms with Gasteiger partial charge in [-0.3, -0.25) is 4.90 Å². The molecule has 1 fully saturated rings. The highest BCUT2D eigenvalue weighted by Crippen LogP contribution is 2.28. The number of aromatic nitrogens is 2. The highest BCUT2D eigenvalue weighted by Gasteiger charge is 2.31. The van der Waals surface area contributed by atoms with Gasteiger partial charge in [-0.15, -0.1) is 13.2 Å². The number of likely N-dealkylation sites (N-methyl/N-ethyl adjacent to an activating group) is 1. The summed E-state index contributed by atoms with van der Waals surface area (Å²) in [6, 6.07) is 7.72. The molecular formula is C22H31F3N6O. The predicted molar refractivity (Wildman–Crippen MR) is 120 cm³/mol. The average molecular weight is 453 g/mol. The molecule has 10 heteroatoms. The van der Waals surface area contributed by atoms with E-state index in [2.05, 4.69) is 49.1 Å². The van der Waals surface area contributed by atoms with Crippen LogP contribution in [0.1, 0.15) is 20.3 Å². The van der Waals surface area contributed by atoms with Gasteiger partial charge in [0, 0.05) is 56.9 Å². The minimum Gasteiger partial charge on any atom is -0.406 e. The van der Waals surface area contributed by atoms with Crippen molar-refractivity contribution in [2.24, 2.45) is 0 Å². The second kappa shape index (κ2) is 10.8. The number of anilines is 2. The molecule has 0 radical (unpaired) electrons. The molecule has 7 nitrogen and oxygen atoms in total. The van der Waals surface area contributed by atoms with E-state index in [0.29, 0.717) is 29.6 Å². The number of halogens is 3. The molecule has 0 unspecified atom stereocenters. The minimum atomic E-state index is -4.75. The summed E-state index contributed by atoms with van der Waals surface area (Å²) in [6.07, 6.45) is -3.86. The SMILES string of the molecule is CC[C@@H](C)Nc1nc(NCCN2CCN(C)CC2)cc(-c2cccc(OC(F)(F)F)c2)n1. The number of hydrogen-bond acceptors (Lipinski definition) is 7. The molecule has 0 aliphatic carbocycles. The Kier molecular flexibility index (Phi) is 8.14. The van der Waals surface area contributed by atoms with Crippen molar-refractivity contribution in [3.63, 3.8) is 0 Å². The first-order valence-corrected chi connectivity index (χ1v) is 10.9. The molecule has 0 saturated carbocycles. The fourth-order valence-electron chi connectivity index (χ4n) is 3.34. The van der Waals surface area contributed by atoms with E-state index in [-0.39, 0.29) is 11.8 Å². The largest absolute Gasteiger partial charge is 0.573 e. The van der Waals surface area contributed by atoms with Gasteiger partial charge in [-0.25, -0.2) is 4.98 Å². The Morgan fingerprint density at radius 3 is 2.56 bits per heavy atom. The second-order valence-corrected chi connectivity index (χ2v) is 8.06. The Labute approximate surface area is 187 Å². The number of nitrogens with one attached hydrogen (secondary N) is 2. The molecule has 1 aromatic carbocycles. The Hall–Kier alpha value is -2.59. The standard InChI is InChI=1S/C22H31F3N6O/c1-4-16(2)27-21-28-19(17-6-5-7-18(14-17)32-22(23,24)25)15-20(29-21)26-8-9-31-12-10-30(3)11-13-31/h5-7,14-16H,4,8-13H2,1-3H3,(H2,26,27,28,29)/t16-/m1/s1. The summed E-state index contributed by atoms with van der Waals surface area (Å²) in [7, 11) is 2.12. The number of nitrogens with zero attached hydrogens (tertiary/aromatic N) is 4. The van der Waals surface area contributed by atoms with Gasteiger partial charge in [0.15, 0.2) is 0 Å². The molecule has 1 saturated heterocycles. The van der Waals surface area contributed by atoms with Gasteiger partial charge in [-0.05, 0) is 32.5 Å². The van der Waals surface area contributed by atoms with Crippen molar-refractivity contribution in [2.75, 3.05) is 56.9 Å². The van der Waals surface area contributed by atoms with Crippen LogP contribution in [0.2, 0.25) is 0 Å². The first-order chi connectivity index (χ1) is 15.2. The molecule has 2 aromatic rings. The molecule has 1 aliphatic rings. The monoisotopic (exact) mass is 452 g/mol. The van der Waals surface area contributed by atoms with Crippen molar-refractivity contribution in [3.8, 4) is 17.0 Å². The van der Waals surface area contributed by atoms with Gasteiger partial charge in [-0.1, -0.05) is 19.1 Å². The molecule has 1 atom stereocenters. The summed E-state index contributed by atoms with van der Waals surface area (Å²) in [5, 5.41) is 6.59. The summed E-state index contributed by atoms with van der Waals surface area (Å²) in [4.78, 5) is 13.8. The minimum absolute atomic E-state index is 0.156. The molecular weight excluding hydrogens is 421 g/mol. The van der Waals surface area contributed by atoms with E-state index in [0.717, 1.165) is 39.1 Å². The van der Waals surface area contributed by atoms with Crippen LogP contribution in [0.25, 0.3) is 11.3 Å². The number of alkyl halides is 3. The van der Waals surface area contributed by atoms with Crippen LogP contribution in [0, 0.1) is 0 Å².